The lowest BCUT2D eigenvalue weighted by atomic mass is 9.79. The monoisotopic (exact) mass is 899 g/mol. The quantitative estimate of drug-likeness (QED) is 0.0466. The van der Waals surface area contributed by atoms with Crippen LogP contribution in [0.4, 0.5) is 5.82 Å². The molecule has 2 bridgehead atoms. The van der Waals surface area contributed by atoms with Crippen LogP contribution in [0, 0.1) is 11.3 Å². The zero-order valence-corrected chi connectivity index (χ0v) is 38.4. The molecule has 0 radical (unpaired) electrons. The standard InChI is InChI=1S/C49H54N7O8P/c1-32(2)56(33(3)4)65(61-28-14-27-50)64-43-42-47(55-31-53-41-44(51-30-52-45(41)55)54-46(57)35-15-10-8-11-16-35)63-48(43,29-60-42)34(5)62-49(36-17-12-9-13-18-36,37-19-23-39(58-6)24-20-37)38-21-25-40(59-7)26-22-38/h8-13,15-26,30-34,42-43,47H,14,28-29H2,1-7H3,(H,51,52,54,57)/t34-,42-,43+,47-,48-,65?/m1/s1. The molecule has 0 spiro atoms. The summed E-state index contributed by atoms with van der Waals surface area (Å²) < 4.78 is 50.9. The lowest BCUT2D eigenvalue weighted by molar-refractivity contribution is -0.228. The summed E-state index contributed by atoms with van der Waals surface area (Å²) in [5, 5.41) is 12.4. The molecule has 16 heteroatoms. The number of carbonyl (C=O) groups is 1. The van der Waals surface area contributed by atoms with Gasteiger partial charge in [0.25, 0.3) is 14.4 Å². The number of fused-ring (bicyclic) bond motifs is 3. The molecule has 65 heavy (non-hydrogen) atoms. The number of ether oxygens (including phenoxy) is 5. The van der Waals surface area contributed by atoms with Gasteiger partial charge in [-0.05, 0) is 87.7 Å². The molecule has 6 atom stereocenters. The van der Waals surface area contributed by atoms with E-state index < -0.39 is 44.3 Å². The Kier molecular flexibility index (Phi) is 13.9. The molecule has 6 aromatic rings. The second-order valence-electron chi connectivity index (χ2n) is 16.4. The van der Waals surface area contributed by atoms with Crippen molar-refractivity contribution in [3.8, 4) is 17.6 Å². The van der Waals surface area contributed by atoms with Crippen LogP contribution in [0.15, 0.2) is 122 Å². The summed E-state index contributed by atoms with van der Waals surface area (Å²) in [5.74, 6) is 1.31. The van der Waals surface area contributed by atoms with Gasteiger partial charge in [-0.15, -0.1) is 0 Å². The number of anilines is 1. The molecule has 2 aliphatic rings. The predicted octanol–water partition coefficient (Wildman–Crippen LogP) is 8.82. The van der Waals surface area contributed by atoms with Crippen molar-refractivity contribution < 1.29 is 37.5 Å². The van der Waals surface area contributed by atoms with Crippen molar-refractivity contribution in [1.82, 2.24) is 24.2 Å². The number of rotatable bonds is 19. The van der Waals surface area contributed by atoms with E-state index in [1.807, 2.05) is 79.7 Å². The highest BCUT2D eigenvalue weighted by molar-refractivity contribution is 7.44. The van der Waals surface area contributed by atoms with Crippen molar-refractivity contribution in [3.05, 3.63) is 144 Å². The zero-order chi connectivity index (χ0) is 45.7. The van der Waals surface area contributed by atoms with Gasteiger partial charge in [0.1, 0.15) is 41.2 Å². The van der Waals surface area contributed by atoms with Crippen molar-refractivity contribution >= 4 is 31.4 Å². The third-order valence-corrected chi connectivity index (χ3v) is 14.0. The van der Waals surface area contributed by atoms with Gasteiger partial charge in [0, 0.05) is 17.6 Å². The van der Waals surface area contributed by atoms with E-state index in [1.165, 1.54) is 6.33 Å². The Morgan fingerprint density at radius 1 is 0.877 bits per heavy atom. The molecule has 1 amide bonds. The molecule has 2 aromatic heterocycles. The smallest absolute Gasteiger partial charge is 0.259 e. The number of hydrogen-bond acceptors (Lipinski definition) is 13. The summed E-state index contributed by atoms with van der Waals surface area (Å²) in [6.07, 6.45) is 0.128. The van der Waals surface area contributed by atoms with Crippen molar-refractivity contribution in [2.45, 2.75) is 88.9 Å². The second-order valence-corrected chi connectivity index (χ2v) is 17.8. The van der Waals surface area contributed by atoms with Gasteiger partial charge in [0.2, 0.25) is 0 Å². The van der Waals surface area contributed by atoms with Gasteiger partial charge in [0.15, 0.2) is 23.2 Å². The van der Waals surface area contributed by atoms with Crippen LogP contribution in [0.5, 0.6) is 11.5 Å². The maximum atomic E-state index is 13.3. The van der Waals surface area contributed by atoms with Crippen molar-refractivity contribution in [3.63, 3.8) is 0 Å². The number of nitrogens with zero attached hydrogens (tertiary/aromatic N) is 6. The first-order valence-corrected chi connectivity index (χ1v) is 22.8. The first kappa shape index (κ1) is 45.7. The minimum atomic E-state index is -1.78. The molecular formula is C49H54N7O8P. The Bertz CT molecular complexity index is 2520. The molecular weight excluding hydrogens is 846 g/mol. The van der Waals surface area contributed by atoms with Gasteiger partial charge >= 0.3 is 0 Å². The summed E-state index contributed by atoms with van der Waals surface area (Å²) in [7, 11) is 1.50. The molecule has 1 unspecified atom stereocenters. The Morgan fingerprint density at radius 2 is 1.48 bits per heavy atom. The normalized spacial score (nSPS) is 20.3. The van der Waals surface area contributed by atoms with Gasteiger partial charge in [-0.2, -0.15) is 5.26 Å². The summed E-state index contributed by atoms with van der Waals surface area (Å²) in [6, 6.07) is 37.0. The number of amides is 1. The minimum Gasteiger partial charge on any atom is -0.497 e. The fraction of sp³-hybridized carbons (Fsp3) is 0.367. The average molecular weight is 900 g/mol. The van der Waals surface area contributed by atoms with Crippen LogP contribution in [0.1, 0.15) is 74.3 Å². The second kappa shape index (κ2) is 19.7. The maximum Gasteiger partial charge on any atom is 0.259 e. The Hall–Kier alpha value is -5.82. The molecule has 4 aromatic carbocycles. The van der Waals surface area contributed by atoms with E-state index in [0.29, 0.717) is 28.2 Å². The van der Waals surface area contributed by atoms with Crippen LogP contribution in [0.3, 0.4) is 0 Å². The largest absolute Gasteiger partial charge is 0.497 e. The number of nitriles is 1. The van der Waals surface area contributed by atoms with Crippen molar-refractivity contribution in [2.24, 2.45) is 0 Å². The van der Waals surface area contributed by atoms with E-state index in [0.717, 1.165) is 16.7 Å². The number of imidazole rings is 1. The first-order valence-electron chi connectivity index (χ1n) is 21.6. The molecule has 15 nitrogen and oxygen atoms in total. The molecule has 2 fully saturated rings. The van der Waals surface area contributed by atoms with Crippen LogP contribution in [0.2, 0.25) is 0 Å². The first-order chi connectivity index (χ1) is 31.5. The number of nitrogens with one attached hydrogen (secondary N) is 1. The van der Waals surface area contributed by atoms with Crippen LogP contribution in [0.25, 0.3) is 11.2 Å². The third-order valence-electron chi connectivity index (χ3n) is 11.9. The fourth-order valence-electron chi connectivity index (χ4n) is 8.79. The summed E-state index contributed by atoms with van der Waals surface area (Å²) in [5.41, 5.74) is 1.34. The summed E-state index contributed by atoms with van der Waals surface area (Å²) in [6.45, 7) is 10.6. The van der Waals surface area contributed by atoms with E-state index in [9.17, 15) is 10.1 Å². The topological polar surface area (TPSA) is 164 Å². The van der Waals surface area contributed by atoms with Crippen LogP contribution >= 0.6 is 8.53 Å². The van der Waals surface area contributed by atoms with Crippen molar-refractivity contribution in [1.29, 1.82) is 5.26 Å². The lowest BCUT2D eigenvalue weighted by Gasteiger charge is -2.44. The molecule has 0 saturated carbocycles. The van der Waals surface area contributed by atoms with Gasteiger partial charge < -0.3 is 38.0 Å². The number of carbonyl (C=O) groups excluding carboxylic acids is 1. The van der Waals surface area contributed by atoms with Gasteiger partial charge in [-0.3, -0.25) is 9.36 Å². The Balaban J connectivity index is 1.25. The van der Waals surface area contributed by atoms with Crippen LogP contribution in [-0.2, 0) is 28.9 Å². The van der Waals surface area contributed by atoms with E-state index >= 15 is 0 Å². The van der Waals surface area contributed by atoms with Gasteiger partial charge in [0.05, 0.1) is 52.4 Å². The molecule has 0 aliphatic carbocycles. The molecule has 4 heterocycles. The minimum absolute atomic E-state index is 0.0270. The Labute approximate surface area is 380 Å². The predicted molar refractivity (Wildman–Crippen MR) is 245 cm³/mol. The molecule has 2 aliphatic heterocycles. The highest BCUT2D eigenvalue weighted by Crippen LogP contribution is 2.58. The number of aromatic nitrogens is 4. The maximum absolute atomic E-state index is 13.3. The molecule has 8 rings (SSSR count). The zero-order valence-electron chi connectivity index (χ0n) is 37.5. The number of methoxy groups -OCH3 is 2. The van der Waals surface area contributed by atoms with Gasteiger partial charge in [-0.1, -0.05) is 72.8 Å². The van der Waals surface area contributed by atoms with E-state index in [1.54, 1.807) is 49.4 Å². The molecule has 2 saturated heterocycles. The van der Waals surface area contributed by atoms with Crippen molar-refractivity contribution in [2.75, 3.05) is 32.8 Å². The Morgan fingerprint density at radius 3 is 2.06 bits per heavy atom. The third kappa shape index (κ3) is 8.83. The van der Waals surface area contributed by atoms with E-state index in [4.69, 9.17) is 37.7 Å². The fourth-order valence-corrected chi connectivity index (χ4v) is 10.6. The number of hydrogen-bond donors (Lipinski definition) is 1. The highest BCUT2D eigenvalue weighted by atomic mass is 31.2. The lowest BCUT2D eigenvalue weighted by Crippen LogP contribution is -2.54. The van der Waals surface area contributed by atoms with Crippen LogP contribution in [-0.4, -0.2) is 93.5 Å². The molecule has 1 N–H and O–H groups in total. The van der Waals surface area contributed by atoms with Crippen LogP contribution < -0.4 is 14.8 Å². The SMILES string of the molecule is COc1ccc(C(O[C@H](C)[C@@]23CO[C@@H]([C@H](n4cnc5c(NC(=O)c6ccccc6)ncnc54)O2)[C@@H]3OP(OCCC#N)N(C(C)C)C(C)C)(c2ccccc2)c2ccc(OC)cc2)cc1. The summed E-state index contributed by atoms with van der Waals surface area (Å²) >= 11 is 0. The number of benzene rings is 4. The highest BCUT2D eigenvalue weighted by Gasteiger charge is 2.68. The average Bonchev–Trinajstić information content (AvgIpc) is 4.02. The van der Waals surface area contributed by atoms with E-state index in [-0.39, 0.29) is 43.4 Å². The summed E-state index contributed by atoms with van der Waals surface area (Å²) in [4.78, 5) is 27.1. The molecule has 338 valence electrons. The van der Waals surface area contributed by atoms with E-state index in [2.05, 4.69) is 65.9 Å². The van der Waals surface area contributed by atoms with Gasteiger partial charge in [-0.25, -0.2) is 19.6 Å².